The van der Waals surface area contributed by atoms with Crippen molar-refractivity contribution in [3.05, 3.63) is 47.9 Å². The first kappa shape index (κ1) is 13.5. The van der Waals surface area contributed by atoms with E-state index in [2.05, 4.69) is 4.74 Å². The predicted molar refractivity (Wildman–Crippen MR) is 72.6 cm³/mol. The number of carbonyl (C=O) groups is 1. The van der Waals surface area contributed by atoms with Crippen LogP contribution < -0.4 is 4.74 Å². The van der Waals surface area contributed by atoms with Crippen molar-refractivity contribution in [2.24, 2.45) is 0 Å². The van der Waals surface area contributed by atoms with Crippen molar-refractivity contribution in [1.29, 1.82) is 0 Å². The van der Waals surface area contributed by atoms with E-state index in [0.29, 0.717) is 5.75 Å². The first-order valence-corrected chi connectivity index (χ1v) is 6.65. The Morgan fingerprint density at radius 3 is 2.53 bits per heavy atom. The normalized spacial score (nSPS) is 10.2. The first-order chi connectivity index (χ1) is 9.22. The average molecular weight is 278 g/mol. The zero-order valence-corrected chi connectivity index (χ0v) is 11.5. The molecule has 0 radical (unpaired) electrons. The fourth-order valence-corrected chi connectivity index (χ4v) is 2.28. The smallest absolute Gasteiger partial charge is 0.373 e. The van der Waals surface area contributed by atoms with Crippen molar-refractivity contribution < 1.29 is 18.7 Å². The summed E-state index contributed by atoms with van der Waals surface area (Å²) >= 11 is 1.62. The number of hydrogen-bond donors (Lipinski definition) is 0. The lowest BCUT2D eigenvalue weighted by molar-refractivity contribution is 0.0563. The number of rotatable bonds is 5. The van der Waals surface area contributed by atoms with Crippen LogP contribution in [0.25, 0.3) is 0 Å². The molecule has 1 aromatic carbocycles. The minimum atomic E-state index is -0.458. The molecule has 0 bridgehead atoms. The van der Waals surface area contributed by atoms with Gasteiger partial charge in [-0.2, -0.15) is 0 Å². The van der Waals surface area contributed by atoms with Gasteiger partial charge >= 0.3 is 5.97 Å². The van der Waals surface area contributed by atoms with E-state index in [1.807, 2.05) is 24.3 Å². The molecule has 0 aliphatic carbocycles. The van der Waals surface area contributed by atoms with Crippen LogP contribution in [-0.4, -0.2) is 20.2 Å². The number of esters is 1. The topological polar surface area (TPSA) is 48.7 Å². The SMILES string of the molecule is COC(=O)c1ccc(CSc2ccc(OC)cc2)o1. The van der Waals surface area contributed by atoms with Crippen LogP contribution in [-0.2, 0) is 10.5 Å². The molecule has 0 aliphatic rings. The molecule has 0 fully saturated rings. The van der Waals surface area contributed by atoms with Gasteiger partial charge in [-0.05, 0) is 36.4 Å². The third-order valence-electron chi connectivity index (χ3n) is 2.49. The second kappa shape index (κ2) is 6.33. The van der Waals surface area contributed by atoms with Crippen LogP contribution >= 0.6 is 11.8 Å². The molecule has 0 aliphatic heterocycles. The quantitative estimate of drug-likeness (QED) is 0.620. The van der Waals surface area contributed by atoms with Crippen molar-refractivity contribution in [3.63, 3.8) is 0 Å². The Hall–Kier alpha value is -1.88. The molecule has 0 N–H and O–H groups in total. The summed E-state index contributed by atoms with van der Waals surface area (Å²) in [5.74, 6) is 1.99. The highest BCUT2D eigenvalue weighted by molar-refractivity contribution is 7.98. The largest absolute Gasteiger partial charge is 0.497 e. The third kappa shape index (κ3) is 3.54. The number of ether oxygens (including phenoxy) is 2. The molecule has 2 rings (SSSR count). The van der Waals surface area contributed by atoms with Gasteiger partial charge in [0.05, 0.1) is 20.0 Å². The van der Waals surface area contributed by atoms with Crippen molar-refractivity contribution in [2.75, 3.05) is 14.2 Å². The van der Waals surface area contributed by atoms with Crippen molar-refractivity contribution in [3.8, 4) is 5.75 Å². The average Bonchev–Trinajstić information content (AvgIpc) is 2.93. The number of benzene rings is 1. The molecule has 0 saturated carbocycles. The molecular formula is C14H14O4S. The van der Waals surface area contributed by atoms with Crippen LogP contribution in [0.1, 0.15) is 16.3 Å². The molecule has 0 saturated heterocycles. The molecule has 0 unspecified atom stereocenters. The van der Waals surface area contributed by atoms with Crippen LogP contribution in [0.5, 0.6) is 5.75 Å². The summed E-state index contributed by atoms with van der Waals surface area (Å²) in [7, 11) is 2.97. The summed E-state index contributed by atoms with van der Waals surface area (Å²) in [6.45, 7) is 0. The summed E-state index contributed by atoms with van der Waals surface area (Å²) in [6, 6.07) is 11.2. The molecule has 1 aromatic heterocycles. The Labute approximate surface area is 115 Å². The van der Waals surface area contributed by atoms with E-state index in [1.165, 1.54) is 7.11 Å². The second-order valence-electron chi connectivity index (χ2n) is 3.72. The van der Waals surface area contributed by atoms with E-state index >= 15 is 0 Å². The molecule has 1 heterocycles. The Morgan fingerprint density at radius 2 is 1.89 bits per heavy atom. The van der Waals surface area contributed by atoms with Crippen molar-refractivity contribution in [1.82, 2.24) is 0 Å². The van der Waals surface area contributed by atoms with Crippen LogP contribution in [0.4, 0.5) is 0 Å². The number of methoxy groups -OCH3 is 2. The standard InChI is InChI=1S/C14H14O4S/c1-16-10-3-6-12(7-4-10)19-9-11-5-8-13(18-11)14(15)17-2/h3-8H,9H2,1-2H3. The van der Waals surface area contributed by atoms with Crippen molar-refractivity contribution >= 4 is 17.7 Å². The fourth-order valence-electron chi connectivity index (χ4n) is 1.49. The summed E-state index contributed by atoms with van der Waals surface area (Å²) in [6.07, 6.45) is 0. The van der Waals surface area contributed by atoms with Crippen LogP contribution in [0.2, 0.25) is 0 Å². The lowest BCUT2D eigenvalue weighted by Gasteiger charge is -2.02. The molecule has 0 atom stereocenters. The Morgan fingerprint density at radius 1 is 1.16 bits per heavy atom. The van der Waals surface area contributed by atoms with Gasteiger partial charge in [0, 0.05) is 4.90 Å². The molecule has 100 valence electrons. The van der Waals surface area contributed by atoms with Gasteiger partial charge in [-0.1, -0.05) is 0 Å². The van der Waals surface area contributed by atoms with Crippen LogP contribution in [0.3, 0.4) is 0 Å². The number of hydrogen-bond acceptors (Lipinski definition) is 5. The van der Waals surface area contributed by atoms with Crippen LogP contribution in [0, 0.1) is 0 Å². The van der Waals surface area contributed by atoms with Gasteiger partial charge in [-0.3, -0.25) is 0 Å². The highest BCUT2D eigenvalue weighted by Gasteiger charge is 2.11. The maximum Gasteiger partial charge on any atom is 0.373 e. The van der Waals surface area contributed by atoms with Gasteiger partial charge in [-0.25, -0.2) is 4.79 Å². The molecule has 0 amide bonds. The number of thioether (sulfide) groups is 1. The summed E-state index contributed by atoms with van der Waals surface area (Å²) in [4.78, 5) is 12.3. The Balaban J connectivity index is 1.94. The van der Waals surface area contributed by atoms with Crippen molar-refractivity contribution in [2.45, 2.75) is 10.6 Å². The third-order valence-corrected chi connectivity index (χ3v) is 3.52. The second-order valence-corrected chi connectivity index (χ2v) is 4.77. The highest BCUT2D eigenvalue weighted by atomic mass is 32.2. The van der Waals surface area contributed by atoms with Gasteiger partial charge < -0.3 is 13.9 Å². The summed E-state index contributed by atoms with van der Waals surface area (Å²) in [5.41, 5.74) is 0. The van der Waals surface area contributed by atoms with E-state index in [4.69, 9.17) is 9.15 Å². The van der Waals surface area contributed by atoms with Gasteiger partial charge in [0.1, 0.15) is 11.5 Å². The lowest BCUT2D eigenvalue weighted by Crippen LogP contribution is -1.98. The highest BCUT2D eigenvalue weighted by Crippen LogP contribution is 2.25. The summed E-state index contributed by atoms with van der Waals surface area (Å²) in [5, 5.41) is 0. The molecule has 2 aromatic rings. The minimum Gasteiger partial charge on any atom is -0.497 e. The monoisotopic (exact) mass is 278 g/mol. The molecule has 5 heteroatoms. The zero-order valence-electron chi connectivity index (χ0n) is 10.7. The Bertz CT molecular complexity index is 545. The van der Waals surface area contributed by atoms with Gasteiger partial charge in [0.25, 0.3) is 0 Å². The van der Waals surface area contributed by atoms with Crippen LogP contribution in [0.15, 0.2) is 45.7 Å². The van der Waals surface area contributed by atoms with E-state index < -0.39 is 5.97 Å². The van der Waals surface area contributed by atoms with E-state index in [9.17, 15) is 4.79 Å². The van der Waals surface area contributed by atoms with E-state index in [1.54, 1.807) is 31.0 Å². The van der Waals surface area contributed by atoms with Gasteiger partial charge in [0.15, 0.2) is 0 Å². The molecule has 0 spiro atoms. The van der Waals surface area contributed by atoms with E-state index in [0.717, 1.165) is 16.4 Å². The lowest BCUT2D eigenvalue weighted by atomic mass is 10.3. The minimum absolute atomic E-state index is 0.229. The molecule has 19 heavy (non-hydrogen) atoms. The Kier molecular flexibility index (Phi) is 4.52. The van der Waals surface area contributed by atoms with E-state index in [-0.39, 0.29) is 5.76 Å². The maximum absolute atomic E-state index is 11.2. The van der Waals surface area contributed by atoms with Gasteiger partial charge in [-0.15, -0.1) is 11.8 Å². The van der Waals surface area contributed by atoms with Gasteiger partial charge in [0.2, 0.25) is 5.76 Å². The number of furan rings is 1. The first-order valence-electron chi connectivity index (χ1n) is 5.67. The number of carbonyl (C=O) groups excluding carboxylic acids is 1. The zero-order chi connectivity index (χ0) is 13.7. The maximum atomic E-state index is 11.2. The predicted octanol–water partition coefficient (Wildman–Crippen LogP) is 3.37. The summed E-state index contributed by atoms with van der Waals surface area (Å²) < 4.78 is 15.1. The molecule has 4 nitrogen and oxygen atoms in total. The molecular weight excluding hydrogens is 264 g/mol. The fraction of sp³-hybridized carbons (Fsp3) is 0.214.